The summed E-state index contributed by atoms with van der Waals surface area (Å²) in [6.07, 6.45) is 0.109. The van der Waals surface area contributed by atoms with Crippen LogP contribution in [0.25, 0.3) is 0 Å². The number of carbonyl (C=O) groups is 5. The zero-order chi connectivity index (χ0) is 15.6. The summed E-state index contributed by atoms with van der Waals surface area (Å²) >= 11 is 0. The highest BCUT2D eigenvalue weighted by atomic mass is 16.5. The summed E-state index contributed by atoms with van der Waals surface area (Å²) in [6, 6.07) is 0. The lowest BCUT2D eigenvalue weighted by Crippen LogP contribution is -2.45. The molecule has 7 nitrogen and oxygen atoms in total. The number of imide groups is 1. The monoisotopic (exact) mass is 295 g/mol. The molecule has 2 atom stereocenters. The number of esters is 1. The van der Waals surface area contributed by atoms with Gasteiger partial charge >= 0.3 is 5.97 Å². The van der Waals surface area contributed by atoms with Crippen LogP contribution in [-0.2, 0) is 28.7 Å². The second-order valence-corrected chi connectivity index (χ2v) is 5.50. The highest BCUT2D eigenvalue weighted by molar-refractivity contribution is 6.08. The number of piperidine rings is 1. The summed E-state index contributed by atoms with van der Waals surface area (Å²) in [6.45, 7) is 1.28. The summed E-state index contributed by atoms with van der Waals surface area (Å²) < 4.78 is 5.06. The van der Waals surface area contributed by atoms with Crippen molar-refractivity contribution in [2.24, 2.45) is 11.8 Å². The van der Waals surface area contributed by atoms with E-state index in [1.54, 1.807) is 0 Å². The van der Waals surface area contributed by atoms with Crippen LogP contribution in [-0.4, -0.2) is 35.5 Å². The lowest BCUT2D eigenvalue weighted by atomic mass is 9.77. The average molecular weight is 295 g/mol. The molecule has 1 aliphatic carbocycles. The van der Waals surface area contributed by atoms with E-state index in [1.165, 1.54) is 6.92 Å². The first kappa shape index (κ1) is 15.3. The predicted octanol–water partition coefficient (Wildman–Crippen LogP) is -0.0908. The maximum Gasteiger partial charge on any atom is 0.302 e. The van der Waals surface area contributed by atoms with Crippen molar-refractivity contribution in [3.63, 3.8) is 0 Å². The van der Waals surface area contributed by atoms with Crippen molar-refractivity contribution >= 4 is 29.4 Å². The van der Waals surface area contributed by atoms with Gasteiger partial charge in [-0.15, -0.1) is 0 Å². The molecule has 2 amide bonds. The lowest BCUT2D eigenvalue weighted by Gasteiger charge is -2.30. The molecule has 2 aliphatic rings. The quantitative estimate of drug-likeness (QED) is 0.443. The van der Waals surface area contributed by atoms with Gasteiger partial charge in [0, 0.05) is 38.5 Å². The molecule has 21 heavy (non-hydrogen) atoms. The van der Waals surface area contributed by atoms with Crippen LogP contribution in [0.15, 0.2) is 0 Å². The molecule has 7 heteroatoms. The number of rotatable bonds is 3. The van der Waals surface area contributed by atoms with E-state index in [2.05, 4.69) is 5.32 Å². The molecule has 0 aromatic carbocycles. The van der Waals surface area contributed by atoms with Gasteiger partial charge in [-0.05, 0) is 6.42 Å². The minimum atomic E-state index is -0.883. The van der Waals surface area contributed by atoms with Crippen molar-refractivity contribution in [1.82, 2.24) is 5.32 Å². The van der Waals surface area contributed by atoms with Crippen LogP contribution in [0.5, 0.6) is 0 Å². The van der Waals surface area contributed by atoms with Crippen LogP contribution in [0, 0.1) is 11.8 Å². The van der Waals surface area contributed by atoms with E-state index in [0.717, 1.165) is 0 Å². The third-order valence-electron chi connectivity index (χ3n) is 3.82. The van der Waals surface area contributed by atoms with Crippen molar-refractivity contribution in [3.05, 3.63) is 0 Å². The van der Waals surface area contributed by atoms with Crippen molar-refractivity contribution in [2.75, 3.05) is 0 Å². The van der Waals surface area contributed by atoms with Crippen LogP contribution in [0.2, 0.25) is 0 Å². The first-order chi connectivity index (χ1) is 9.86. The van der Waals surface area contributed by atoms with Crippen LogP contribution in [0.1, 0.15) is 39.0 Å². The maximum atomic E-state index is 12.4. The largest absolute Gasteiger partial charge is 0.463 e. The van der Waals surface area contributed by atoms with Crippen molar-refractivity contribution in [3.8, 4) is 0 Å². The summed E-state index contributed by atoms with van der Waals surface area (Å²) in [5.41, 5.74) is 0. The Morgan fingerprint density at radius 1 is 1.14 bits per heavy atom. The van der Waals surface area contributed by atoms with E-state index in [9.17, 15) is 24.0 Å². The Kier molecular flexibility index (Phi) is 4.50. The molecule has 114 valence electrons. The average Bonchev–Trinajstić information content (AvgIpc) is 2.38. The zero-order valence-electron chi connectivity index (χ0n) is 11.7. The molecule has 0 spiro atoms. The normalized spacial score (nSPS) is 27.2. The van der Waals surface area contributed by atoms with Gasteiger partial charge in [0.1, 0.15) is 17.7 Å². The van der Waals surface area contributed by atoms with Gasteiger partial charge in [0.25, 0.3) is 0 Å². The third kappa shape index (κ3) is 3.74. The second kappa shape index (κ2) is 6.15. The van der Waals surface area contributed by atoms with Crippen molar-refractivity contribution in [1.29, 1.82) is 0 Å². The molecule has 0 aromatic heterocycles. The highest BCUT2D eigenvalue weighted by Gasteiger charge is 2.40. The highest BCUT2D eigenvalue weighted by Crippen LogP contribution is 2.29. The summed E-state index contributed by atoms with van der Waals surface area (Å²) in [7, 11) is 0. The molecule has 0 aromatic rings. The molecule has 1 N–H and O–H groups in total. The number of ether oxygens (including phenoxy) is 1. The standard InChI is InChI=1S/C14H17NO6/c1-7(16)21-9-2-3-11(17)10(6-9)14(20)8-4-12(18)15-13(19)5-8/h8-10H,2-6H2,1H3,(H,15,18,19). The van der Waals surface area contributed by atoms with E-state index in [1.807, 2.05) is 0 Å². The molecule has 1 saturated heterocycles. The second-order valence-electron chi connectivity index (χ2n) is 5.50. The number of hydrogen-bond acceptors (Lipinski definition) is 6. The number of amides is 2. The minimum absolute atomic E-state index is 0.0768. The molecular formula is C14H17NO6. The Hall–Kier alpha value is -2.05. The first-order valence-corrected chi connectivity index (χ1v) is 6.93. The van der Waals surface area contributed by atoms with Gasteiger partial charge in [-0.25, -0.2) is 0 Å². The topological polar surface area (TPSA) is 107 Å². The van der Waals surface area contributed by atoms with Crippen LogP contribution < -0.4 is 5.32 Å². The Morgan fingerprint density at radius 3 is 2.33 bits per heavy atom. The fraction of sp³-hybridized carbons (Fsp3) is 0.643. The fourth-order valence-electron chi connectivity index (χ4n) is 2.87. The van der Waals surface area contributed by atoms with E-state index >= 15 is 0 Å². The Morgan fingerprint density at radius 2 is 1.76 bits per heavy atom. The lowest BCUT2D eigenvalue weighted by molar-refractivity contribution is -0.154. The molecular weight excluding hydrogens is 278 g/mol. The third-order valence-corrected chi connectivity index (χ3v) is 3.82. The van der Waals surface area contributed by atoms with Gasteiger partial charge in [0.2, 0.25) is 11.8 Å². The van der Waals surface area contributed by atoms with Gasteiger partial charge in [-0.1, -0.05) is 0 Å². The molecule has 2 rings (SSSR count). The fourth-order valence-corrected chi connectivity index (χ4v) is 2.87. The number of hydrogen-bond donors (Lipinski definition) is 1. The number of carbonyl (C=O) groups excluding carboxylic acids is 5. The van der Waals surface area contributed by atoms with Crippen LogP contribution in [0.4, 0.5) is 0 Å². The Bertz CT molecular complexity index is 496. The molecule has 1 heterocycles. The molecule has 2 unspecified atom stereocenters. The zero-order valence-corrected chi connectivity index (χ0v) is 11.7. The van der Waals surface area contributed by atoms with Gasteiger partial charge in [-0.2, -0.15) is 0 Å². The smallest absolute Gasteiger partial charge is 0.302 e. The van der Waals surface area contributed by atoms with E-state index in [-0.39, 0.29) is 37.2 Å². The van der Waals surface area contributed by atoms with Gasteiger partial charge < -0.3 is 4.74 Å². The number of ketones is 2. The Balaban J connectivity index is 2.05. The van der Waals surface area contributed by atoms with Gasteiger partial charge in [0.15, 0.2) is 0 Å². The molecule has 0 radical (unpaired) electrons. The van der Waals surface area contributed by atoms with E-state index in [4.69, 9.17) is 4.74 Å². The summed E-state index contributed by atoms with van der Waals surface area (Å²) in [5, 5.41) is 2.13. The van der Waals surface area contributed by atoms with E-state index < -0.39 is 35.7 Å². The summed E-state index contributed by atoms with van der Waals surface area (Å²) in [4.78, 5) is 57.9. The molecule has 1 saturated carbocycles. The number of nitrogens with one attached hydrogen (secondary N) is 1. The molecule has 2 fully saturated rings. The van der Waals surface area contributed by atoms with Gasteiger partial charge in [0.05, 0.1) is 5.92 Å². The molecule has 1 aliphatic heterocycles. The van der Waals surface area contributed by atoms with Crippen molar-refractivity contribution in [2.45, 2.75) is 45.1 Å². The SMILES string of the molecule is CC(=O)OC1CCC(=O)C(C(=O)C2CC(=O)NC(=O)C2)C1. The van der Waals surface area contributed by atoms with Crippen molar-refractivity contribution < 1.29 is 28.7 Å². The van der Waals surface area contributed by atoms with Gasteiger partial charge in [-0.3, -0.25) is 29.3 Å². The van der Waals surface area contributed by atoms with Crippen LogP contribution in [0.3, 0.4) is 0 Å². The minimum Gasteiger partial charge on any atom is -0.463 e. The van der Waals surface area contributed by atoms with E-state index in [0.29, 0.717) is 6.42 Å². The maximum absolute atomic E-state index is 12.4. The van der Waals surface area contributed by atoms with Crippen LogP contribution >= 0.6 is 0 Å². The Labute approximate surface area is 121 Å². The summed E-state index contributed by atoms with van der Waals surface area (Å²) in [5.74, 6) is -3.67. The first-order valence-electron chi connectivity index (χ1n) is 6.93. The predicted molar refractivity (Wildman–Crippen MR) is 68.8 cm³/mol. The number of Topliss-reactive ketones (excluding diaryl/α,β-unsaturated/α-hetero) is 2. The molecule has 0 bridgehead atoms.